The lowest BCUT2D eigenvalue weighted by atomic mass is 10.0. The van der Waals surface area contributed by atoms with Gasteiger partial charge in [0.15, 0.2) is 0 Å². The van der Waals surface area contributed by atoms with Gasteiger partial charge in [0.2, 0.25) is 0 Å². The van der Waals surface area contributed by atoms with Crippen molar-refractivity contribution in [3.05, 3.63) is 52.0 Å². The average molecular weight is 326 g/mol. The van der Waals surface area contributed by atoms with Gasteiger partial charge in [0.1, 0.15) is 5.82 Å². The first-order valence-electron chi connectivity index (χ1n) is 6.22. The standard InChI is InChI=1S/C14H17BrFN3/c1-9(2)19-6-5-11(18-19)8-14(17)12-4-3-10(16)7-13(12)15/h3-7,9,14H,8,17H2,1-2H3. The summed E-state index contributed by atoms with van der Waals surface area (Å²) in [5, 5.41) is 4.47. The number of aromatic nitrogens is 2. The molecule has 0 amide bonds. The Morgan fingerprint density at radius 1 is 1.37 bits per heavy atom. The maximum Gasteiger partial charge on any atom is 0.124 e. The molecule has 3 nitrogen and oxygen atoms in total. The van der Waals surface area contributed by atoms with E-state index >= 15 is 0 Å². The van der Waals surface area contributed by atoms with Crippen LogP contribution in [0.25, 0.3) is 0 Å². The largest absolute Gasteiger partial charge is 0.324 e. The van der Waals surface area contributed by atoms with Crippen molar-refractivity contribution in [3.63, 3.8) is 0 Å². The zero-order valence-electron chi connectivity index (χ0n) is 11.0. The molecule has 1 unspecified atom stereocenters. The summed E-state index contributed by atoms with van der Waals surface area (Å²) in [6, 6.07) is 6.67. The van der Waals surface area contributed by atoms with Crippen LogP contribution in [-0.4, -0.2) is 9.78 Å². The number of nitrogens with zero attached hydrogens (tertiary/aromatic N) is 2. The van der Waals surface area contributed by atoms with E-state index in [1.807, 2.05) is 16.9 Å². The zero-order valence-corrected chi connectivity index (χ0v) is 12.6. The summed E-state index contributed by atoms with van der Waals surface area (Å²) in [5.41, 5.74) is 7.99. The van der Waals surface area contributed by atoms with E-state index in [2.05, 4.69) is 34.9 Å². The monoisotopic (exact) mass is 325 g/mol. The number of rotatable bonds is 4. The van der Waals surface area contributed by atoms with Gasteiger partial charge in [0.25, 0.3) is 0 Å². The minimum Gasteiger partial charge on any atom is -0.324 e. The van der Waals surface area contributed by atoms with Crippen LogP contribution < -0.4 is 5.73 Å². The Bertz CT molecular complexity index is 566. The fourth-order valence-electron chi connectivity index (χ4n) is 1.91. The highest BCUT2D eigenvalue weighted by Gasteiger charge is 2.13. The number of hydrogen-bond acceptors (Lipinski definition) is 2. The lowest BCUT2D eigenvalue weighted by molar-refractivity contribution is 0.522. The molecule has 0 aliphatic carbocycles. The number of benzene rings is 1. The van der Waals surface area contributed by atoms with Gasteiger partial charge in [-0.1, -0.05) is 22.0 Å². The Labute approximate surface area is 120 Å². The van der Waals surface area contributed by atoms with Crippen molar-refractivity contribution < 1.29 is 4.39 Å². The van der Waals surface area contributed by atoms with Crippen LogP contribution >= 0.6 is 15.9 Å². The normalized spacial score (nSPS) is 12.9. The molecule has 0 saturated carbocycles. The van der Waals surface area contributed by atoms with Crippen LogP contribution in [0.15, 0.2) is 34.9 Å². The predicted octanol–water partition coefficient (Wildman–Crippen LogP) is 3.61. The molecular weight excluding hydrogens is 309 g/mol. The molecule has 19 heavy (non-hydrogen) atoms. The Morgan fingerprint density at radius 3 is 2.68 bits per heavy atom. The molecule has 5 heteroatoms. The second-order valence-corrected chi connectivity index (χ2v) is 5.71. The van der Waals surface area contributed by atoms with Crippen LogP contribution in [0.2, 0.25) is 0 Å². The molecule has 0 bridgehead atoms. The lowest BCUT2D eigenvalue weighted by Gasteiger charge is -2.13. The van der Waals surface area contributed by atoms with Gasteiger partial charge < -0.3 is 5.73 Å². The van der Waals surface area contributed by atoms with Crippen LogP contribution in [0.1, 0.15) is 37.2 Å². The van der Waals surface area contributed by atoms with Crippen molar-refractivity contribution in [2.24, 2.45) is 5.73 Å². The maximum absolute atomic E-state index is 13.0. The second-order valence-electron chi connectivity index (χ2n) is 4.86. The van der Waals surface area contributed by atoms with Gasteiger partial charge in [0.05, 0.1) is 5.69 Å². The number of halogens is 2. The van der Waals surface area contributed by atoms with E-state index < -0.39 is 0 Å². The number of nitrogens with two attached hydrogens (primary N) is 1. The van der Waals surface area contributed by atoms with Gasteiger partial charge in [-0.25, -0.2) is 4.39 Å². The molecule has 2 aromatic rings. The molecular formula is C14H17BrFN3. The molecule has 0 fully saturated rings. The third-order valence-electron chi connectivity index (χ3n) is 2.98. The molecule has 102 valence electrons. The smallest absolute Gasteiger partial charge is 0.124 e. The van der Waals surface area contributed by atoms with Crippen molar-refractivity contribution >= 4 is 15.9 Å². The van der Waals surface area contributed by atoms with Crippen LogP contribution in [0.4, 0.5) is 4.39 Å². The molecule has 1 aromatic carbocycles. The van der Waals surface area contributed by atoms with Crippen LogP contribution in [0.3, 0.4) is 0 Å². The van der Waals surface area contributed by atoms with Crippen molar-refractivity contribution in [2.45, 2.75) is 32.4 Å². The van der Waals surface area contributed by atoms with E-state index in [9.17, 15) is 4.39 Å². The third-order valence-corrected chi connectivity index (χ3v) is 3.67. The SMILES string of the molecule is CC(C)n1ccc(CC(N)c2ccc(F)cc2Br)n1. The van der Waals surface area contributed by atoms with Crippen molar-refractivity contribution in [3.8, 4) is 0 Å². The molecule has 0 saturated heterocycles. The van der Waals surface area contributed by atoms with Crippen molar-refractivity contribution in [1.82, 2.24) is 9.78 Å². The summed E-state index contributed by atoms with van der Waals surface area (Å²) in [4.78, 5) is 0. The van der Waals surface area contributed by atoms with Gasteiger partial charge in [-0.2, -0.15) is 5.10 Å². The highest BCUT2D eigenvalue weighted by atomic mass is 79.9. The minimum atomic E-state index is -0.271. The van der Waals surface area contributed by atoms with E-state index in [4.69, 9.17) is 5.73 Å². The van der Waals surface area contributed by atoms with Crippen molar-refractivity contribution in [1.29, 1.82) is 0 Å². The predicted molar refractivity (Wildman–Crippen MR) is 77.3 cm³/mol. The molecule has 0 aliphatic heterocycles. The number of hydrogen-bond donors (Lipinski definition) is 1. The second kappa shape index (κ2) is 5.84. The maximum atomic E-state index is 13.0. The molecule has 1 aromatic heterocycles. The Morgan fingerprint density at radius 2 is 2.11 bits per heavy atom. The molecule has 0 spiro atoms. The molecule has 1 atom stereocenters. The minimum absolute atomic E-state index is 0.203. The van der Waals surface area contributed by atoms with Gasteiger partial charge in [0, 0.05) is 29.2 Å². The Hall–Kier alpha value is -1.20. The molecule has 0 aliphatic rings. The summed E-state index contributed by atoms with van der Waals surface area (Å²) in [7, 11) is 0. The zero-order chi connectivity index (χ0) is 14.0. The van der Waals surface area contributed by atoms with Crippen LogP contribution in [0.5, 0.6) is 0 Å². The molecule has 2 rings (SSSR count). The van der Waals surface area contributed by atoms with E-state index in [-0.39, 0.29) is 11.9 Å². The summed E-state index contributed by atoms with van der Waals surface area (Å²) in [6.07, 6.45) is 2.58. The average Bonchev–Trinajstić information content (AvgIpc) is 2.77. The Kier molecular flexibility index (Phi) is 4.37. The topological polar surface area (TPSA) is 43.8 Å². The quantitative estimate of drug-likeness (QED) is 0.933. The summed E-state index contributed by atoms with van der Waals surface area (Å²) in [5.74, 6) is -0.271. The van der Waals surface area contributed by atoms with E-state index in [1.54, 1.807) is 6.07 Å². The van der Waals surface area contributed by atoms with Crippen LogP contribution in [-0.2, 0) is 6.42 Å². The third kappa shape index (κ3) is 3.42. The first-order chi connectivity index (χ1) is 8.97. The molecule has 2 N–H and O–H groups in total. The summed E-state index contributed by atoms with van der Waals surface area (Å²) >= 11 is 3.34. The highest BCUT2D eigenvalue weighted by Crippen LogP contribution is 2.25. The molecule has 1 heterocycles. The van der Waals surface area contributed by atoms with Gasteiger partial charge in [-0.15, -0.1) is 0 Å². The fourth-order valence-corrected chi connectivity index (χ4v) is 2.56. The first kappa shape index (κ1) is 14.2. The van der Waals surface area contributed by atoms with E-state index in [1.165, 1.54) is 12.1 Å². The van der Waals surface area contributed by atoms with Crippen LogP contribution in [0, 0.1) is 5.82 Å². The van der Waals surface area contributed by atoms with E-state index in [0.717, 1.165) is 11.3 Å². The van der Waals surface area contributed by atoms with Gasteiger partial charge >= 0.3 is 0 Å². The van der Waals surface area contributed by atoms with Crippen molar-refractivity contribution in [2.75, 3.05) is 0 Å². The van der Waals surface area contributed by atoms with E-state index in [0.29, 0.717) is 16.9 Å². The lowest BCUT2D eigenvalue weighted by Crippen LogP contribution is -2.15. The Balaban J connectivity index is 2.13. The van der Waals surface area contributed by atoms with Gasteiger partial charge in [-0.05, 0) is 37.6 Å². The summed E-state index contributed by atoms with van der Waals surface area (Å²) in [6.45, 7) is 4.15. The molecule has 0 radical (unpaired) electrons. The highest BCUT2D eigenvalue weighted by molar-refractivity contribution is 9.10. The fraction of sp³-hybridized carbons (Fsp3) is 0.357. The first-order valence-corrected chi connectivity index (χ1v) is 7.01. The van der Waals surface area contributed by atoms with Gasteiger partial charge in [-0.3, -0.25) is 4.68 Å². The summed E-state index contributed by atoms with van der Waals surface area (Å²) < 4.78 is 15.6.